The lowest BCUT2D eigenvalue weighted by Gasteiger charge is -2.49. The Kier molecular flexibility index (Phi) is 11.9. The number of carbonyl (C=O) groups excluding carboxylic acids is 3. The summed E-state index contributed by atoms with van der Waals surface area (Å²) in [4.78, 5) is 61.1. The van der Waals surface area contributed by atoms with Crippen molar-refractivity contribution in [3.8, 4) is 0 Å². The summed E-state index contributed by atoms with van der Waals surface area (Å²) >= 11 is 2.48. The summed E-state index contributed by atoms with van der Waals surface area (Å²) in [5.41, 5.74) is 0. The lowest BCUT2D eigenvalue weighted by molar-refractivity contribution is -0.162. The van der Waals surface area contributed by atoms with Crippen molar-refractivity contribution in [2.24, 2.45) is 0 Å². The molecule has 0 saturated carbocycles. The van der Waals surface area contributed by atoms with Crippen molar-refractivity contribution in [3.63, 3.8) is 0 Å². The number of nitrogens with one attached hydrogen (secondary N) is 2. The minimum Gasteiger partial charge on any atom is -0.481 e. The van der Waals surface area contributed by atoms with Gasteiger partial charge in [-0.25, -0.2) is 4.79 Å². The van der Waals surface area contributed by atoms with Crippen molar-refractivity contribution in [3.05, 3.63) is 23.0 Å². The second-order valence-electron chi connectivity index (χ2n) is 6.79. The first kappa shape index (κ1) is 27.6. The summed E-state index contributed by atoms with van der Waals surface area (Å²) in [6.07, 6.45) is 3.03. The molecule has 178 valence electrons. The Balaban J connectivity index is 3.01. The third-order valence-electron chi connectivity index (χ3n) is 4.45. The van der Waals surface area contributed by atoms with Crippen LogP contribution in [0.15, 0.2) is 23.0 Å². The molecule has 4 atom stereocenters. The molecule has 1 heterocycles. The van der Waals surface area contributed by atoms with Gasteiger partial charge < -0.3 is 25.7 Å². The van der Waals surface area contributed by atoms with Gasteiger partial charge in [0.25, 0.3) is 0 Å². The molecule has 0 spiro atoms. The molecule has 3 amide bonds. The molecule has 1 fully saturated rings. The van der Waals surface area contributed by atoms with Crippen LogP contribution in [0.3, 0.4) is 0 Å². The lowest BCUT2D eigenvalue weighted by Crippen LogP contribution is -2.73. The summed E-state index contributed by atoms with van der Waals surface area (Å²) in [5.74, 6) is -3.70. The fourth-order valence-corrected chi connectivity index (χ4v) is 4.65. The Hall–Kier alpha value is -2.47. The van der Waals surface area contributed by atoms with E-state index in [0.717, 1.165) is 16.7 Å². The van der Waals surface area contributed by atoms with Gasteiger partial charge in [0, 0.05) is 18.6 Å². The van der Waals surface area contributed by atoms with Crippen molar-refractivity contribution in [2.75, 3.05) is 5.75 Å². The van der Waals surface area contributed by atoms with Gasteiger partial charge in [-0.2, -0.15) is 0 Å². The average molecular weight is 488 g/mol. The zero-order chi connectivity index (χ0) is 24.3. The zero-order valence-electron chi connectivity index (χ0n) is 18.1. The number of allylic oxidation sites excluding steroid dienone is 2. The van der Waals surface area contributed by atoms with E-state index in [4.69, 9.17) is 5.11 Å². The first-order valence-corrected chi connectivity index (χ1v) is 12.0. The Morgan fingerprint density at radius 2 is 1.81 bits per heavy atom. The number of carboxylic acids is 2. The number of aliphatic carboxylic acids is 2. The second-order valence-corrected chi connectivity index (χ2v) is 8.76. The quantitative estimate of drug-likeness (QED) is 0.266. The van der Waals surface area contributed by atoms with Crippen molar-refractivity contribution in [2.45, 2.75) is 63.5 Å². The number of hydrogen-bond donors (Lipinski definition) is 4. The van der Waals surface area contributed by atoms with E-state index >= 15 is 0 Å². The van der Waals surface area contributed by atoms with E-state index < -0.39 is 53.7 Å². The molecule has 0 aromatic rings. The van der Waals surface area contributed by atoms with Gasteiger partial charge in [0.05, 0.1) is 0 Å². The number of nitrogens with zero attached hydrogens (tertiary/aromatic N) is 1. The normalized spacial score (nSPS) is 20.1. The maximum Gasteiger partial charge on any atom is 0.326 e. The number of hydrogen-bond acceptors (Lipinski definition) is 7. The number of amides is 3. The van der Waals surface area contributed by atoms with Crippen LogP contribution in [0.5, 0.6) is 0 Å². The Morgan fingerprint density at radius 1 is 1.16 bits per heavy atom. The average Bonchev–Trinajstić information content (AvgIpc) is 2.75. The Morgan fingerprint density at radius 3 is 2.34 bits per heavy atom. The van der Waals surface area contributed by atoms with Gasteiger partial charge in [-0.3, -0.25) is 19.2 Å². The number of likely N-dealkylation sites (tertiary alicyclic amines) is 1. The Bertz CT molecular complexity index is 772. The van der Waals surface area contributed by atoms with Crippen LogP contribution < -0.4 is 10.6 Å². The maximum atomic E-state index is 12.8. The summed E-state index contributed by atoms with van der Waals surface area (Å²) in [7, 11) is 0. The van der Waals surface area contributed by atoms with Crippen LogP contribution in [-0.4, -0.2) is 74.0 Å². The largest absolute Gasteiger partial charge is 0.481 e. The number of carboxylic acid groups (broad SMARTS) is 2. The molecule has 0 aromatic carbocycles. The highest BCUT2D eigenvalue weighted by atomic mass is 32.2. The monoisotopic (exact) mass is 487 g/mol. The molecule has 4 N–H and O–H groups in total. The molecule has 0 aliphatic carbocycles. The van der Waals surface area contributed by atoms with Crippen LogP contribution in [0.25, 0.3) is 0 Å². The van der Waals surface area contributed by atoms with Crippen LogP contribution in [0.1, 0.15) is 40.0 Å². The van der Waals surface area contributed by atoms with Gasteiger partial charge in [0.2, 0.25) is 17.7 Å². The van der Waals surface area contributed by atoms with E-state index in [2.05, 4.69) is 10.6 Å². The number of carbonyl (C=O) groups is 5. The van der Waals surface area contributed by atoms with Crippen LogP contribution in [0.4, 0.5) is 0 Å². The van der Waals surface area contributed by atoms with Crippen molar-refractivity contribution >= 4 is 53.2 Å². The minimum atomic E-state index is -1.32. The summed E-state index contributed by atoms with van der Waals surface area (Å²) in [6.45, 7) is 5.23. The molecule has 10 nitrogen and oxygen atoms in total. The second kappa shape index (κ2) is 13.8. The molecule has 0 aromatic heterocycles. The summed E-state index contributed by atoms with van der Waals surface area (Å²) in [6, 6.07) is -3.20. The van der Waals surface area contributed by atoms with Gasteiger partial charge >= 0.3 is 11.9 Å². The first-order valence-electron chi connectivity index (χ1n) is 10.0. The molecule has 1 saturated heterocycles. The minimum absolute atomic E-state index is 0.192. The van der Waals surface area contributed by atoms with E-state index in [0.29, 0.717) is 0 Å². The van der Waals surface area contributed by atoms with E-state index in [1.165, 1.54) is 11.8 Å². The van der Waals surface area contributed by atoms with Crippen LogP contribution in [0.2, 0.25) is 0 Å². The van der Waals surface area contributed by atoms with Gasteiger partial charge in [-0.15, -0.1) is 23.5 Å². The smallest absolute Gasteiger partial charge is 0.326 e. The Labute approximate surface area is 195 Å². The standard InChI is InChI=1S/C20H29N3O7S2/c1-4-9-31-11-12(21-14(24)6-3)17(27)22-16-18(28)23(19(16)32-10-5-2)13(20(29)30)7-8-15(25)26/h4-5,9-10,12-13,16,19H,6-8,11H2,1-3H3,(H,21,24)(H,22,27)(H,25,26)(H,29,30). The van der Waals surface area contributed by atoms with E-state index in [9.17, 15) is 29.1 Å². The first-order chi connectivity index (χ1) is 15.2. The predicted molar refractivity (Wildman–Crippen MR) is 123 cm³/mol. The molecule has 32 heavy (non-hydrogen) atoms. The van der Waals surface area contributed by atoms with Gasteiger partial charge in [-0.1, -0.05) is 19.1 Å². The molecule has 12 heteroatoms. The molecule has 0 radical (unpaired) electrons. The summed E-state index contributed by atoms with van der Waals surface area (Å²) in [5, 5.41) is 26.4. The molecule has 4 unspecified atom stereocenters. The molecular formula is C20H29N3O7S2. The SMILES string of the molecule is CC=CSCC(NC(=O)CC)C(=O)NC1C(=O)N(C(CCC(=O)O)C(=O)O)C1SC=CC. The zero-order valence-corrected chi connectivity index (χ0v) is 19.8. The molecule has 1 rings (SSSR count). The van der Waals surface area contributed by atoms with E-state index in [1.807, 2.05) is 6.92 Å². The van der Waals surface area contributed by atoms with E-state index in [1.54, 1.807) is 36.8 Å². The van der Waals surface area contributed by atoms with Crippen LogP contribution in [-0.2, 0) is 24.0 Å². The van der Waals surface area contributed by atoms with Gasteiger partial charge in [0.15, 0.2) is 0 Å². The highest BCUT2D eigenvalue weighted by molar-refractivity contribution is 8.02. The highest BCUT2D eigenvalue weighted by Gasteiger charge is 2.53. The lowest BCUT2D eigenvalue weighted by atomic mass is 9.99. The van der Waals surface area contributed by atoms with Crippen LogP contribution in [0, 0.1) is 0 Å². The van der Waals surface area contributed by atoms with Gasteiger partial charge in [-0.05, 0) is 31.1 Å². The predicted octanol–water partition coefficient (Wildman–Crippen LogP) is 1.39. The molecule has 1 aliphatic heterocycles. The summed E-state index contributed by atoms with van der Waals surface area (Å²) < 4.78 is 0. The van der Waals surface area contributed by atoms with Crippen LogP contribution >= 0.6 is 23.5 Å². The fraction of sp³-hybridized carbons (Fsp3) is 0.550. The molecular weight excluding hydrogens is 458 g/mol. The third-order valence-corrected chi connectivity index (χ3v) is 6.65. The number of rotatable bonds is 14. The molecule has 1 aliphatic rings. The number of thioether (sulfide) groups is 2. The molecule has 0 bridgehead atoms. The van der Waals surface area contributed by atoms with Gasteiger partial charge in [0.1, 0.15) is 23.5 Å². The van der Waals surface area contributed by atoms with Crippen molar-refractivity contribution in [1.82, 2.24) is 15.5 Å². The number of β-lactam (4-membered cyclic amide) rings is 1. The van der Waals surface area contributed by atoms with E-state index in [-0.39, 0.29) is 24.5 Å². The fourth-order valence-electron chi connectivity index (χ4n) is 2.88. The highest BCUT2D eigenvalue weighted by Crippen LogP contribution is 2.34. The topological polar surface area (TPSA) is 153 Å². The van der Waals surface area contributed by atoms with Crippen molar-refractivity contribution in [1.29, 1.82) is 0 Å². The maximum absolute atomic E-state index is 12.8. The van der Waals surface area contributed by atoms with Crippen molar-refractivity contribution < 1.29 is 34.2 Å². The third kappa shape index (κ3) is 7.90.